The molecule has 0 aliphatic heterocycles. The normalized spacial score (nSPS) is 11.4. The first-order chi connectivity index (χ1) is 17.3. The first kappa shape index (κ1) is 26.7. The van der Waals surface area contributed by atoms with Gasteiger partial charge in [-0.2, -0.15) is 9.41 Å². The molecule has 0 aliphatic rings. The van der Waals surface area contributed by atoms with E-state index in [0.717, 1.165) is 15.4 Å². The van der Waals surface area contributed by atoms with Crippen LogP contribution >= 0.6 is 0 Å². The molecule has 0 aliphatic carbocycles. The Balaban J connectivity index is 1.73. The average molecular weight is 508 g/mol. The molecule has 0 radical (unpaired) electrons. The van der Waals surface area contributed by atoms with E-state index in [-0.39, 0.29) is 11.4 Å². The molecule has 0 atom stereocenters. The van der Waals surface area contributed by atoms with Crippen molar-refractivity contribution in [1.82, 2.24) is 9.73 Å². The number of amides is 1. The van der Waals surface area contributed by atoms with E-state index in [4.69, 9.17) is 9.47 Å². The second-order valence-electron chi connectivity index (χ2n) is 7.87. The number of rotatable bonds is 12. The van der Waals surface area contributed by atoms with Crippen molar-refractivity contribution in [3.8, 4) is 11.5 Å². The van der Waals surface area contributed by atoms with Crippen LogP contribution in [0.3, 0.4) is 0 Å². The maximum Gasteiger partial charge on any atom is 0.255 e. The lowest BCUT2D eigenvalue weighted by Crippen LogP contribution is -2.39. The van der Waals surface area contributed by atoms with E-state index in [1.54, 1.807) is 36.4 Å². The van der Waals surface area contributed by atoms with Gasteiger partial charge in [0.15, 0.2) is 11.5 Å². The fraction of sp³-hybridized carbons (Fsp3) is 0.185. The fourth-order valence-corrected chi connectivity index (χ4v) is 4.66. The highest BCUT2D eigenvalue weighted by molar-refractivity contribution is 7.89. The Hall–Kier alpha value is -3.95. The molecule has 36 heavy (non-hydrogen) atoms. The molecule has 0 aromatic heterocycles. The number of carbonyl (C=O) groups excluding carboxylic acids is 1. The van der Waals surface area contributed by atoms with E-state index in [0.29, 0.717) is 23.7 Å². The molecule has 0 fully saturated rings. The van der Waals surface area contributed by atoms with Crippen molar-refractivity contribution in [2.45, 2.75) is 18.4 Å². The molecule has 9 heteroatoms. The van der Waals surface area contributed by atoms with Crippen LogP contribution in [0, 0.1) is 6.92 Å². The molecule has 0 heterocycles. The Morgan fingerprint density at radius 3 is 2.44 bits per heavy atom. The molecule has 0 saturated carbocycles. The Morgan fingerprint density at radius 2 is 1.78 bits per heavy atom. The van der Waals surface area contributed by atoms with Crippen molar-refractivity contribution >= 4 is 22.1 Å². The molecular weight excluding hydrogens is 478 g/mol. The van der Waals surface area contributed by atoms with Crippen LogP contribution in [-0.2, 0) is 21.4 Å². The fourth-order valence-electron chi connectivity index (χ4n) is 3.28. The Labute approximate surface area is 211 Å². The van der Waals surface area contributed by atoms with Crippen LogP contribution in [-0.4, -0.2) is 45.1 Å². The van der Waals surface area contributed by atoms with E-state index in [1.165, 1.54) is 25.5 Å². The smallest absolute Gasteiger partial charge is 0.255 e. The van der Waals surface area contributed by atoms with E-state index in [9.17, 15) is 13.2 Å². The first-order valence-corrected chi connectivity index (χ1v) is 12.6. The van der Waals surface area contributed by atoms with Gasteiger partial charge in [-0.15, -0.1) is 0 Å². The molecule has 3 aromatic carbocycles. The number of hydrazone groups is 1. The second kappa shape index (κ2) is 12.7. The van der Waals surface area contributed by atoms with Gasteiger partial charge in [0.1, 0.15) is 6.61 Å². The number of ether oxygens (including phenoxy) is 2. The van der Waals surface area contributed by atoms with Gasteiger partial charge in [-0.25, -0.2) is 13.8 Å². The quantitative estimate of drug-likeness (QED) is 0.228. The van der Waals surface area contributed by atoms with Crippen LogP contribution in [0.15, 0.2) is 95.4 Å². The lowest BCUT2D eigenvalue weighted by Gasteiger charge is -2.21. The van der Waals surface area contributed by atoms with Crippen LogP contribution < -0.4 is 14.9 Å². The summed E-state index contributed by atoms with van der Waals surface area (Å²) in [5.41, 5.74) is 4.76. The highest BCUT2D eigenvalue weighted by Gasteiger charge is 2.26. The number of nitrogens with one attached hydrogen (secondary N) is 1. The number of carbonyl (C=O) groups is 1. The van der Waals surface area contributed by atoms with Crippen molar-refractivity contribution in [3.05, 3.63) is 102 Å². The predicted molar refractivity (Wildman–Crippen MR) is 140 cm³/mol. The third-order valence-corrected chi connectivity index (χ3v) is 6.93. The number of benzene rings is 3. The van der Waals surface area contributed by atoms with Gasteiger partial charge in [-0.3, -0.25) is 4.79 Å². The summed E-state index contributed by atoms with van der Waals surface area (Å²) >= 11 is 0. The van der Waals surface area contributed by atoms with Crippen LogP contribution in [0.5, 0.6) is 11.5 Å². The molecule has 1 amide bonds. The van der Waals surface area contributed by atoms with Gasteiger partial charge >= 0.3 is 0 Å². The Morgan fingerprint density at radius 1 is 1.06 bits per heavy atom. The molecule has 0 unspecified atom stereocenters. The summed E-state index contributed by atoms with van der Waals surface area (Å²) in [6.07, 6.45) is 3.07. The molecule has 0 spiro atoms. The zero-order valence-electron chi connectivity index (χ0n) is 20.3. The largest absolute Gasteiger partial charge is 0.493 e. The van der Waals surface area contributed by atoms with Crippen LogP contribution in [0.25, 0.3) is 0 Å². The molecular formula is C27H29N3O5S. The van der Waals surface area contributed by atoms with Gasteiger partial charge in [0, 0.05) is 6.54 Å². The lowest BCUT2D eigenvalue weighted by atomic mass is 10.2. The average Bonchev–Trinajstić information content (AvgIpc) is 2.88. The van der Waals surface area contributed by atoms with Gasteiger partial charge < -0.3 is 9.47 Å². The molecule has 188 valence electrons. The zero-order valence-corrected chi connectivity index (χ0v) is 21.1. The number of hydrogen-bond donors (Lipinski definition) is 1. The molecule has 0 bridgehead atoms. The second-order valence-corrected chi connectivity index (χ2v) is 9.81. The van der Waals surface area contributed by atoms with Gasteiger partial charge in [0.2, 0.25) is 10.0 Å². The molecule has 3 rings (SSSR count). The van der Waals surface area contributed by atoms with Crippen LogP contribution in [0.1, 0.15) is 16.7 Å². The summed E-state index contributed by atoms with van der Waals surface area (Å²) < 4.78 is 38.6. The SMILES string of the molecule is C=CCOc1ccc(/C=N\NC(=O)CN(Cc2ccccc2)S(=O)(=O)c2ccc(C)cc2)cc1OC. The number of nitrogens with zero attached hydrogens (tertiary/aromatic N) is 2. The minimum atomic E-state index is -3.93. The summed E-state index contributed by atoms with van der Waals surface area (Å²) in [7, 11) is -2.40. The summed E-state index contributed by atoms with van der Waals surface area (Å²) in [5, 5.41) is 3.98. The number of methoxy groups -OCH3 is 1. The molecule has 3 aromatic rings. The zero-order chi connectivity index (χ0) is 26.0. The van der Waals surface area contributed by atoms with Crippen molar-refractivity contribution in [2.24, 2.45) is 5.10 Å². The highest BCUT2D eigenvalue weighted by atomic mass is 32.2. The topological polar surface area (TPSA) is 97.3 Å². The Kier molecular flexibility index (Phi) is 9.38. The highest BCUT2D eigenvalue weighted by Crippen LogP contribution is 2.27. The number of sulfonamides is 1. The standard InChI is InChI=1S/C27H29N3O5S/c1-4-16-35-25-15-12-23(17-26(25)34-3)18-28-29-27(31)20-30(19-22-8-6-5-7-9-22)36(32,33)24-13-10-21(2)11-14-24/h4-15,17-18H,1,16,19-20H2,2-3H3,(H,29,31)/b28-18-. The van der Waals surface area contributed by atoms with Crippen LogP contribution in [0.4, 0.5) is 0 Å². The van der Waals surface area contributed by atoms with Gasteiger partial charge in [-0.05, 0) is 48.4 Å². The van der Waals surface area contributed by atoms with E-state index < -0.39 is 22.5 Å². The third kappa shape index (κ3) is 7.27. The minimum Gasteiger partial charge on any atom is -0.493 e. The maximum atomic E-state index is 13.3. The van der Waals surface area contributed by atoms with Gasteiger partial charge in [0.05, 0.1) is 24.8 Å². The molecule has 1 N–H and O–H groups in total. The monoisotopic (exact) mass is 507 g/mol. The van der Waals surface area contributed by atoms with Gasteiger partial charge in [0.25, 0.3) is 5.91 Å². The minimum absolute atomic E-state index is 0.0392. The third-order valence-electron chi connectivity index (χ3n) is 5.13. The predicted octanol–water partition coefficient (Wildman–Crippen LogP) is 3.91. The summed E-state index contributed by atoms with van der Waals surface area (Å²) in [6, 6.07) is 20.8. The summed E-state index contributed by atoms with van der Waals surface area (Å²) in [5.74, 6) is 0.484. The molecule has 8 nitrogen and oxygen atoms in total. The van der Waals surface area contributed by atoms with Crippen molar-refractivity contribution < 1.29 is 22.7 Å². The number of aryl methyl sites for hydroxylation is 1. The molecule has 0 saturated heterocycles. The van der Waals surface area contributed by atoms with Crippen molar-refractivity contribution in [3.63, 3.8) is 0 Å². The van der Waals surface area contributed by atoms with Crippen molar-refractivity contribution in [1.29, 1.82) is 0 Å². The van der Waals surface area contributed by atoms with E-state index in [1.807, 2.05) is 37.3 Å². The van der Waals surface area contributed by atoms with Crippen molar-refractivity contribution in [2.75, 3.05) is 20.3 Å². The summed E-state index contributed by atoms with van der Waals surface area (Å²) in [4.78, 5) is 12.8. The maximum absolute atomic E-state index is 13.3. The van der Waals surface area contributed by atoms with E-state index in [2.05, 4.69) is 17.1 Å². The summed E-state index contributed by atoms with van der Waals surface area (Å²) in [6.45, 7) is 5.47. The number of hydrogen-bond acceptors (Lipinski definition) is 6. The van der Waals surface area contributed by atoms with E-state index >= 15 is 0 Å². The Bertz CT molecular complexity index is 1310. The first-order valence-electron chi connectivity index (χ1n) is 11.2. The lowest BCUT2D eigenvalue weighted by molar-refractivity contribution is -0.121. The van der Waals surface area contributed by atoms with Crippen LogP contribution in [0.2, 0.25) is 0 Å². The van der Waals surface area contributed by atoms with Gasteiger partial charge in [-0.1, -0.05) is 60.7 Å².